The molecule has 134 valence electrons. The van der Waals surface area contributed by atoms with Crippen LogP contribution in [0.25, 0.3) is 11.0 Å². The van der Waals surface area contributed by atoms with Gasteiger partial charge in [-0.25, -0.2) is 22.2 Å². The predicted octanol–water partition coefficient (Wildman–Crippen LogP) is 3.63. The van der Waals surface area contributed by atoms with E-state index in [0.717, 1.165) is 22.9 Å². The molecule has 0 N–H and O–H groups in total. The van der Waals surface area contributed by atoms with E-state index in [9.17, 15) is 17.2 Å². The van der Waals surface area contributed by atoms with Crippen molar-refractivity contribution in [1.29, 1.82) is 0 Å². The number of fused-ring (bicyclic) bond motifs is 1. The van der Waals surface area contributed by atoms with Crippen molar-refractivity contribution in [1.82, 2.24) is 9.55 Å². The van der Waals surface area contributed by atoms with Gasteiger partial charge in [0.15, 0.2) is 5.82 Å². The van der Waals surface area contributed by atoms with Crippen molar-refractivity contribution in [2.24, 2.45) is 0 Å². The van der Waals surface area contributed by atoms with Gasteiger partial charge in [0.25, 0.3) is 0 Å². The number of hydrogen-bond acceptors (Lipinski definition) is 4. The van der Waals surface area contributed by atoms with Crippen LogP contribution in [0, 0.1) is 15.2 Å². The molecule has 0 bridgehead atoms. The number of halogens is 3. The molecular formula is C14H19F2IN2O3SSi. The molecule has 1 heterocycles. The van der Waals surface area contributed by atoms with Crippen molar-refractivity contribution in [2.45, 2.75) is 37.6 Å². The van der Waals surface area contributed by atoms with Crippen molar-refractivity contribution < 1.29 is 21.9 Å². The van der Waals surface area contributed by atoms with Gasteiger partial charge in [0.2, 0.25) is 15.0 Å². The maximum absolute atomic E-state index is 14.5. The third kappa shape index (κ3) is 4.32. The summed E-state index contributed by atoms with van der Waals surface area (Å²) in [6.07, 6.45) is 0.978. The molecule has 0 unspecified atom stereocenters. The maximum Gasteiger partial charge on any atom is 0.230 e. The van der Waals surface area contributed by atoms with E-state index in [1.54, 1.807) is 22.6 Å². The molecule has 0 aliphatic carbocycles. The topological polar surface area (TPSA) is 61.2 Å². The van der Waals surface area contributed by atoms with Crippen molar-refractivity contribution in [2.75, 3.05) is 12.9 Å². The molecule has 0 saturated carbocycles. The van der Waals surface area contributed by atoms with Crippen molar-refractivity contribution in [3.63, 3.8) is 0 Å². The van der Waals surface area contributed by atoms with Crippen LogP contribution in [0.3, 0.4) is 0 Å². The van der Waals surface area contributed by atoms with E-state index in [0.29, 0.717) is 6.61 Å². The lowest BCUT2D eigenvalue weighted by molar-refractivity contribution is 0.0834. The molecule has 0 radical (unpaired) electrons. The van der Waals surface area contributed by atoms with Gasteiger partial charge >= 0.3 is 0 Å². The fourth-order valence-electron chi connectivity index (χ4n) is 2.11. The molecule has 1 aromatic carbocycles. The first-order valence-corrected chi connectivity index (χ1v) is 13.9. The van der Waals surface area contributed by atoms with Crippen LogP contribution in [0.15, 0.2) is 11.2 Å². The molecule has 2 rings (SSSR count). The number of benzene rings is 1. The van der Waals surface area contributed by atoms with Crippen LogP contribution in [-0.4, -0.2) is 38.9 Å². The second-order valence-electron chi connectivity index (χ2n) is 6.80. The average Bonchev–Trinajstić information content (AvgIpc) is 2.78. The lowest BCUT2D eigenvalue weighted by Gasteiger charge is -2.16. The highest BCUT2D eigenvalue weighted by Gasteiger charge is 2.24. The fraction of sp³-hybridized carbons (Fsp3) is 0.500. The molecule has 0 amide bonds. The number of sulfone groups is 1. The summed E-state index contributed by atoms with van der Waals surface area (Å²) in [6.45, 7) is 6.86. The number of ether oxygens (including phenoxy) is 1. The molecule has 0 aliphatic heterocycles. The molecule has 0 aliphatic rings. The molecule has 1 aromatic heterocycles. The van der Waals surface area contributed by atoms with Gasteiger partial charge in [-0.1, -0.05) is 19.6 Å². The molecule has 0 atom stereocenters. The Bertz CT molecular complexity index is 878. The van der Waals surface area contributed by atoms with Crippen LogP contribution in [0.2, 0.25) is 25.7 Å². The van der Waals surface area contributed by atoms with Gasteiger partial charge in [-0.2, -0.15) is 0 Å². The summed E-state index contributed by atoms with van der Waals surface area (Å²) < 4.78 is 58.6. The highest BCUT2D eigenvalue weighted by molar-refractivity contribution is 14.1. The average molecular weight is 488 g/mol. The minimum Gasteiger partial charge on any atom is -0.361 e. The predicted molar refractivity (Wildman–Crippen MR) is 99.6 cm³/mol. The van der Waals surface area contributed by atoms with E-state index in [2.05, 4.69) is 24.6 Å². The van der Waals surface area contributed by atoms with Crippen LogP contribution in [-0.2, 0) is 21.3 Å². The first-order valence-electron chi connectivity index (χ1n) is 7.23. The summed E-state index contributed by atoms with van der Waals surface area (Å²) in [6, 6.07) is 1.93. The minimum atomic E-state index is -3.71. The quantitative estimate of drug-likeness (QED) is 0.270. The molecule has 5 nitrogen and oxygen atoms in total. The van der Waals surface area contributed by atoms with E-state index < -0.39 is 29.5 Å². The molecule has 0 spiro atoms. The molecule has 10 heteroatoms. The Hall–Kier alpha value is -0.593. The summed E-state index contributed by atoms with van der Waals surface area (Å²) in [7, 11) is -5.02. The number of hydrogen-bond donors (Lipinski definition) is 0. The van der Waals surface area contributed by atoms with Crippen LogP contribution >= 0.6 is 22.6 Å². The van der Waals surface area contributed by atoms with E-state index in [1.165, 1.54) is 0 Å². The summed E-state index contributed by atoms with van der Waals surface area (Å²) in [5, 5.41) is -0.328. The summed E-state index contributed by atoms with van der Waals surface area (Å²) in [4.78, 5) is 3.89. The first-order chi connectivity index (χ1) is 10.9. The van der Waals surface area contributed by atoms with Gasteiger partial charge in [0.05, 0.1) is 9.09 Å². The Labute approximate surface area is 154 Å². The van der Waals surface area contributed by atoms with Gasteiger partial charge in [-0.05, 0) is 28.6 Å². The molecule has 0 fully saturated rings. The molecule has 2 aromatic rings. The number of aromatic nitrogens is 2. The van der Waals surface area contributed by atoms with Gasteiger partial charge in [-0.15, -0.1) is 0 Å². The van der Waals surface area contributed by atoms with E-state index in [-0.39, 0.29) is 26.5 Å². The maximum atomic E-state index is 14.5. The standard InChI is InChI=1S/C14H19F2IN2O3SSi/c1-23(20,21)14-18-10-7-9(15)12(17)11(16)13(10)19(14)8-22-5-6-24(2,3)4/h7H,5-6,8H2,1-4H3. The lowest BCUT2D eigenvalue weighted by Crippen LogP contribution is -2.22. The van der Waals surface area contributed by atoms with Gasteiger partial charge in [-0.3, -0.25) is 4.57 Å². The second kappa shape index (κ2) is 6.96. The van der Waals surface area contributed by atoms with Crippen molar-refractivity contribution in [3.05, 3.63) is 21.3 Å². The first kappa shape index (κ1) is 19.7. The number of imidazole rings is 1. The van der Waals surface area contributed by atoms with Gasteiger partial charge in [0.1, 0.15) is 18.1 Å². The Morgan fingerprint density at radius 3 is 2.50 bits per heavy atom. The zero-order chi connectivity index (χ0) is 18.3. The Balaban J connectivity index is 2.47. The largest absolute Gasteiger partial charge is 0.361 e. The number of nitrogens with zero attached hydrogens (tertiary/aromatic N) is 2. The van der Waals surface area contributed by atoms with Crippen LogP contribution in [0.4, 0.5) is 8.78 Å². The highest BCUT2D eigenvalue weighted by Crippen LogP contribution is 2.28. The highest BCUT2D eigenvalue weighted by atomic mass is 127. The second-order valence-corrected chi connectivity index (χ2v) is 15.4. The van der Waals surface area contributed by atoms with Crippen LogP contribution in [0.5, 0.6) is 0 Å². The zero-order valence-corrected chi connectivity index (χ0v) is 17.8. The van der Waals surface area contributed by atoms with E-state index in [4.69, 9.17) is 4.74 Å². The smallest absolute Gasteiger partial charge is 0.230 e. The Kier molecular flexibility index (Phi) is 5.72. The monoisotopic (exact) mass is 488 g/mol. The Morgan fingerprint density at radius 2 is 1.96 bits per heavy atom. The third-order valence-corrected chi connectivity index (χ3v) is 7.05. The lowest BCUT2D eigenvalue weighted by atomic mass is 10.3. The zero-order valence-electron chi connectivity index (χ0n) is 13.9. The molecular weight excluding hydrogens is 469 g/mol. The Morgan fingerprint density at radius 1 is 1.33 bits per heavy atom. The van der Waals surface area contributed by atoms with Crippen LogP contribution < -0.4 is 0 Å². The normalized spacial score (nSPS) is 13.0. The number of rotatable bonds is 6. The van der Waals surface area contributed by atoms with Gasteiger partial charge in [0, 0.05) is 27.0 Å². The fourth-order valence-corrected chi connectivity index (χ4v) is 4.09. The van der Waals surface area contributed by atoms with Crippen molar-refractivity contribution in [3.8, 4) is 0 Å². The summed E-state index contributed by atoms with van der Waals surface area (Å²) in [5.41, 5.74) is -0.103. The summed E-state index contributed by atoms with van der Waals surface area (Å²) >= 11 is 1.54. The third-order valence-electron chi connectivity index (χ3n) is 3.38. The van der Waals surface area contributed by atoms with Gasteiger partial charge < -0.3 is 4.74 Å². The van der Waals surface area contributed by atoms with E-state index in [1.807, 2.05) is 0 Å². The van der Waals surface area contributed by atoms with E-state index >= 15 is 0 Å². The molecule has 0 saturated heterocycles. The van der Waals surface area contributed by atoms with Crippen LogP contribution in [0.1, 0.15) is 0 Å². The van der Waals surface area contributed by atoms with Crippen molar-refractivity contribution >= 4 is 51.5 Å². The molecule has 24 heavy (non-hydrogen) atoms. The summed E-state index contributed by atoms with van der Waals surface area (Å²) in [5.74, 6) is -1.60. The minimum absolute atomic E-state index is 0.0420. The SMILES string of the molecule is C[Si](C)(C)CCOCn1c(S(C)(=O)=O)nc2cc(F)c(I)c(F)c21.